The van der Waals surface area contributed by atoms with E-state index in [1.807, 2.05) is 19.1 Å². The Labute approximate surface area is 152 Å². The lowest BCUT2D eigenvalue weighted by molar-refractivity contribution is -0.111. The third-order valence-electron chi connectivity index (χ3n) is 3.29. The number of carbonyl (C=O) groups is 1. The Morgan fingerprint density at radius 3 is 2.44 bits per heavy atom. The lowest BCUT2D eigenvalue weighted by Crippen LogP contribution is -2.24. The van der Waals surface area contributed by atoms with Crippen molar-refractivity contribution >= 4 is 39.3 Å². The van der Waals surface area contributed by atoms with Crippen molar-refractivity contribution in [2.24, 2.45) is 0 Å². The first-order chi connectivity index (χ1) is 11.9. The van der Waals surface area contributed by atoms with Gasteiger partial charge in [0.2, 0.25) is 15.9 Å². The molecule has 5 nitrogen and oxygen atoms in total. The zero-order chi connectivity index (χ0) is 18.3. The molecule has 0 radical (unpaired) electrons. The van der Waals surface area contributed by atoms with Crippen LogP contribution >= 0.6 is 11.6 Å². The van der Waals surface area contributed by atoms with Crippen LogP contribution in [0.3, 0.4) is 0 Å². The van der Waals surface area contributed by atoms with E-state index in [-0.39, 0.29) is 10.8 Å². The van der Waals surface area contributed by atoms with Gasteiger partial charge in [0.25, 0.3) is 0 Å². The average molecular weight is 379 g/mol. The number of rotatable bonds is 7. The molecule has 0 aliphatic heterocycles. The van der Waals surface area contributed by atoms with Crippen molar-refractivity contribution in [2.75, 3.05) is 11.9 Å². The molecule has 2 rings (SSSR count). The number of anilines is 1. The number of carbonyl (C=O) groups excluding carboxylic acids is 1. The largest absolute Gasteiger partial charge is 0.323 e. The summed E-state index contributed by atoms with van der Waals surface area (Å²) in [7, 11) is -3.51. The van der Waals surface area contributed by atoms with E-state index >= 15 is 0 Å². The highest BCUT2D eigenvalue weighted by atomic mass is 35.5. The van der Waals surface area contributed by atoms with Crippen LogP contribution in [0.2, 0.25) is 5.02 Å². The molecular weight excluding hydrogens is 360 g/mol. The zero-order valence-corrected chi connectivity index (χ0v) is 15.3. The van der Waals surface area contributed by atoms with Gasteiger partial charge in [-0.1, -0.05) is 36.7 Å². The van der Waals surface area contributed by atoms with Gasteiger partial charge in [-0.25, -0.2) is 13.1 Å². The molecule has 0 unspecified atom stereocenters. The zero-order valence-electron chi connectivity index (χ0n) is 13.7. The topological polar surface area (TPSA) is 75.3 Å². The molecule has 0 heterocycles. The summed E-state index contributed by atoms with van der Waals surface area (Å²) in [6, 6.07) is 13.2. The molecule has 0 bridgehead atoms. The predicted molar refractivity (Wildman–Crippen MR) is 101 cm³/mol. The highest BCUT2D eigenvalue weighted by Crippen LogP contribution is 2.17. The first-order valence-electron chi connectivity index (χ1n) is 7.75. The second-order valence-electron chi connectivity index (χ2n) is 5.27. The van der Waals surface area contributed by atoms with Gasteiger partial charge < -0.3 is 5.32 Å². The summed E-state index contributed by atoms with van der Waals surface area (Å²) < 4.78 is 26.5. The second-order valence-corrected chi connectivity index (χ2v) is 7.44. The van der Waals surface area contributed by atoms with Crippen LogP contribution in [0.5, 0.6) is 0 Å². The molecule has 0 aliphatic rings. The van der Waals surface area contributed by atoms with Gasteiger partial charge in [0, 0.05) is 23.3 Å². The molecule has 0 aliphatic carbocycles. The minimum Gasteiger partial charge on any atom is -0.323 e. The maximum absolute atomic E-state index is 12.0. The Kier molecular flexibility index (Phi) is 6.75. The van der Waals surface area contributed by atoms with Crippen LogP contribution in [0.1, 0.15) is 18.9 Å². The van der Waals surface area contributed by atoms with Crippen LogP contribution in [0.4, 0.5) is 5.69 Å². The Hall–Kier alpha value is -2.15. The van der Waals surface area contributed by atoms with E-state index in [0.29, 0.717) is 23.7 Å². The lowest BCUT2D eigenvalue weighted by Gasteiger charge is -2.07. The number of nitrogens with one attached hydrogen (secondary N) is 2. The fourth-order valence-electron chi connectivity index (χ4n) is 2.00. The average Bonchev–Trinajstić information content (AvgIpc) is 2.60. The quantitative estimate of drug-likeness (QED) is 0.721. The summed E-state index contributed by atoms with van der Waals surface area (Å²) >= 11 is 6.02. The first-order valence-corrected chi connectivity index (χ1v) is 9.62. The summed E-state index contributed by atoms with van der Waals surface area (Å²) in [5.41, 5.74) is 1.24. The SMILES string of the molecule is CCCNS(=O)(=O)c1ccc(NC(=O)/C=C/c2ccccc2Cl)cc1. The van der Waals surface area contributed by atoms with Gasteiger partial charge >= 0.3 is 0 Å². The molecule has 0 saturated carbocycles. The van der Waals surface area contributed by atoms with Crippen molar-refractivity contribution in [1.82, 2.24) is 4.72 Å². The molecule has 0 saturated heterocycles. The van der Waals surface area contributed by atoms with Crippen molar-refractivity contribution < 1.29 is 13.2 Å². The molecule has 0 spiro atoms. The number of sulfonamides is 1. The van der Waals surface area contributed by atoms with Crippen LogP contribution in [0, 0.1) is 0 Å². The summed E-state index contributed by atoms with van der Waals surface area (Å²) in [5, 5.41) is 3.23. The summed E-state index contributed by atoms with van der Waals surface area (Å²) in [5.74, 6) is -0.334. The minimum absolute atomic E-state index is 0.158. The number of hydrogen-bond donors (Lipinski definition) is 2. The number of amides is 1. The molecule has 2 aromatic carbocycles. The third kappa shape index (κ3) is 5.70. The van der Waals surface area contributed by atoms with Crippen molar-refractivity contribution in [3.05, 3.63) is 65.2 Å². The van der Waals surface area contributed by atoms with Crippen molar-refractivity contribution in [3.8, 4) is 0 Å². The Balaban J connectivity index is 2.01. The van der Waals surface area contributed by atoms with Crippen molar-refractivity contribution in [1.29, 1.82) is 0 Å². The predicted octanol–water partition coefficient (Wildman–Crippen LogP) is 3.68. The van der Waals surface area contributed by atoms with E-state index < -0.39 is 10.0 Å². The lowest BCUT2D eigenvalue weighted by atomic mass is 10.2. The standard InChI is InChI=1S/C18H19ClN2O3S/c1-2-13-20-25(23,24)16-10-8-15(9-11-16)21-18(22)12-7-14-5-3-4-6-17(14)19/h3-12,20H,2,13H2,1H3,(H,21,22)/b12-7+. The Morgan fingerprint density at radius 1 is 1.12 bits per heavy atom. The van der Waals surface area contributed by atoms with Crippen molar-refractivity contribution in [2.45, 2.75) is 18.2 Å². The van der Waals surface area contributed by atoms with E-state index in [1.165, 1.54) is 18.2 Å². The maximum Gasteiger partial charge on any atom is 0.248 e. The molecule has 0 aromatic heterocycles. The first kappa shape index (κ1) is 19.2. The fourth-order valence-corrected chi connectivity index (χ4v) is 3.33. The smallest absolute Gasteiger partial charge is 0.248 e. The van der Waals surface area contributed by atoms with Gasteiger partial charge in [-0.3, -0.25) is 4.79 Å². The minimum atomic E-state index is -3.51. The normalized spacial score (nSPS) is 11.6. The van der Waals surface area contributed by atoms with E-state index in [0.717, 1.165) is 5.56 Å². The Morgan fingerprint density at radius 2 is 1.80 bits per heavy atom. The molecule has 7 heteroatoms. The Bertz CT molecular complexity index is 862. The number of hydrogen-bond acceptors (Lipinski definition) is 3. The van der Waals surface area contributed by atoms with Gasteiger partial charge in [0.1, 0.15) is 0 Å². The van der Waals surface area contributed by atoms with Gasteiger partial charge in [0.15, 0.2) is 0 Å². The van der Waals surface area contributed by atoms with Crippen LogP contribution in [0.15, 0.2) is 59.5 Å². The van der Waals surface area contributed by atoms with E-state index in [1.54, 1.807) is 30.3 Å². The molecule has 132 valence electrons. The van der Waals surface area contributed by atoms with E-state index in [2.05, 4.69) is 10.0 Å². The van der Waals surface area contributed by atoms with Crippen LogP contribution in [-0.4, -0.2) is 20.9 Å². The number of benzene rings is 2. The molecule has 0 atom stereocenters. The van der Waals surface area contributed by atoms with E-state index in [9.17, 15) is 13.2 Å². The molecular formula is C18H19ClN2O3S. The van der Waals surface area contributed by atoms with Crippen LogP contribution in [0.25, 0.3) is 6.08 Å². The highest BCUT2D eigenvalue weighted by molar-refractivity contribution is 7.89. The van der Waals surface area contributed by atoms with Crippen molar-refractivity contribution in [3.63, 3.8) is 0 Å². The highest BCUT2D eigenvalue weighted by Gasteiger charge is 2.12. The number of halogens is 1. The van der Waals surface area contributed by atoms with Crippen LogP contribution in [-0.2, 0) is 14.8 Å². The molecule has 2 aromatic rings. The molecule has 25 heavy (non-hydrogen) atoms. The van der Waals surface area contributed by atoms with Gasteiger partial charge in [-0.2, -0.15) is 0 Å². The summed E-state index contributed by atoms with van der Waals surface area (Å²) in [4.78, 5) is 12.1. The summed E-state index contributed by atoms with van der Waals surface area (Å²) in [6.45, 7) is 2.27. The summed E-state index contributed by atoms with van der Waals surface area (Å²) in [6.07, 6.45) is 3.70. The second kappa shape index (κ2) is 8.80. The maximum atomic E-state index is 12.0. The van der Waals surface area contributed by atoms with Gasteiger partial charge in [-0.15, -0.1) is 0 Å². The molecule has 1 amide bonds. The third-order valence-corrected chi connectivity index (χ3v) is 5.11. The fraction of sp³-hybridized carbons (Fsp3) is 0.167. The molecule has 2 N–H and O–H groups in total. The monoisotopic (exact) mass is 378 g/mol. The molecule has 0 fully saturated rings. The van der Waals surface area contributed by atoms with Crippen LogP contribution < -0.4 is 10.0 Å². The van der Waals surface area contributed by atoms with Gasteiger partial charge in [-0.05, 0) is 48.4 Å². The van der Waals surface area contributed by atoms with Gasteiger partial charge in [0.05, 0.1) is 4.90 Å². The van der Waals surface area contributed by atoms with E-state index in [4.69, 9.17) is 11.6 Å².